The third kappa shape index (κ3) is 3.64. The summed E-state index contributed by atoms with van der Waals surface area (Å²) in [4.78, 5) is 0. The number of piperidine rings is 1. The Morgan fingerprint density at radius 1 is 1.35 bits per heavy atom. The Morgan fingerprint density at radius 2 is 1.88 bits per heavy atom. The van der Waals surface area contributed by atoms with E-state index in [1.54, 1.807) is 13.8 Å². The van der Waals surface area contributed by atoms with Gasteiger partial charge in [-0.05, 0) is 20.3 Å². The Morgan fingerprint density at radius 3 is 2.29 bits per heavy atom. The Hall–Kier alpha value is -0.170. The lowest BCUT2D eigenvalue weighted by Crippen LogP contribution is -2.49. The smallest absolute Gasteiger partial charge is 0.216 e. The van der Waals surface area contributed by atoms with Crippen molar-refractivity contribution in [2.75, 3.05) is 19.7 Å². The summed E-state index contributed by atoms with van der Waals surface area (Å²) in [5.74, 6) is -1.14. The zero-order valence-corrected chi connectivity index (χ0v) is 11.7. The van der Waals surface area contributed by atoms with Crippen LogP contribution >= 0.6 is 0 Å². The van der Waals surface area contributed by atoms with Crippen molar-refractivity contribution in [2.24, 2.45) is 0 Å². The van der Waals surface area contributed by atoms with Crippen LogP contribution in [0.2, 0.25) is 0 Å². The molecule has 0 aromatic carbocycles. The molecule has 0 aromatic heterocycles. The molecule has 0 atom stereocenters. The van der Waals surface area contributed by atoms with Crippen LogP contribution in [-0.2, 0) is 14.8 Å². The van der Waals surface area contributed by atoms with Gasteiger partial charge in [0.15, 0.2) is 5.79 Å². The Balaban J connectivity index is 2.56. The highest BCUT2D eigenvalue weighted by molar-refractivity contribution is 7.89. The number of ether oxygens (including phenoxy) is 1. The summed E-state index contributed by atoms with van der Waals surface area (Å²) in [6, 6.07) is 0. The van der Waals surface area contributed by atoms with Crippen molar-refractivity contribution in [1.29, 1.82) is 0 Å². The van der Waals surface area contributed by atoms with Crippen LogP contribution in [-0.4, -0.2) is 48.6 Å². The minimum absolute atomic E-state index is 0.334. The summed E-state index contributed by atoms with van der Waals surface area (Å²) in [5, 5.41) is 9.67. The van der Waals surface area contributed by atoms with E-state index in [9.17, 15) is 13.5 Å². The number of sulfonamides is 1. The van der Waals surface area contributed by atoms with Crippen LogP contribution in [0.4, 0.5) is 0 Å². The zero-order chi connectivity index (χ0) is 13.1. The second-order valence-electron chi connectivity index (χ2n) is 4.79. The fraction of sp³-hybridized carbons (Fsp3) is 1.00. The van der Waals surface area contributed by atoms with Gasteiger partial charge < -0.3 is 9.84 Å². The molecule has 0 saturated carbocycles. The van der Waals surface area contributed by atoms with Crippen LogP contribution in [0.5, 0.6) is 0 Å². The molecule has 1 heterocycles. The van der Waals surface area contributed by atoms with Crippen LogP contribution in [0.25, 0.3) is 0 Å². The minimum Gasteiger partial charge on any atom is -0.365 e. The molecule has 1 saturated heterocycles. The molecule has 6 heteroatoms. The van der Waals surface area contributed by atoms with Gasteiger partial charge in [0.25, 0.3) is 0 Å². The van der Waals surface area contributed by atoms with E-state index in [1.807, 2.05) is 6.92 Å². The molecule has 0 aliphatic carbocycles. The molecule has 1 aliphatic rings. The fourth-order valence-corrected chi connectivity index (χ4v) is 3.11. The van der Waals surface area contributed by atoms with Crippen LogP contribution in [0.1, 0.15) is 40.0 Å². The van der Waals surface area contributed by atoms with Gasteiger partial charge in [0.2, 0.25) is 10.0 Å². The van der Waals surface area contributed by atoms with Gasteiger partial charge in [-0.15, -0.1) is 0 Å². The van der Waals surface area contributed by atoms with E-state index in [2.05, 4.69) is 0 Å². The topological polar surface area (TPSA) is 66.8 Å². The molecule has 1 aliphatic heterocycles. The molecule has 0 bridgehead atoms. The molecular weight excluding hydrogens is 242 g/mol. The van der Waals surface area contributed by atoms with E-state index in [0.717, 1.165) is 6.42 Å². The molecule has 102 valence electrons. The fourth-order valence-electron chi connectivity index (χ4n) is 1.82. The summed E-state index contributed by atoms with van der Waals surface area (Å²) < 4.78 is 30.6. The van der Waals surface area contributed by atoms with Gasteiger partial charge in [-0.2, -0.15) is 0 Å². The average molecular weight is 265 g/mol. The highest BCUT2D eigenvalue weighted by Gasteiger charge is 2.37. The molecule has 5 nitrogen and oxygen atoms in total. The quantitative estimate of drug-likeness (QED) is 0.751. The molecule has 17 heavy (non-hydrogen) atoms. The van der Waals surface area contributed by atoms with Crippen molar-refractivity contribution >= 4 is 10.0 Å². The van der Waals surface area contributed by atoms with E-state index in [4.69, 9.17) is 4.74 Å². The number of rotatable bonds is 5. The van der Waals surface area contributed by atoms with Gasteiger partial charge in [-0.3, -0.25) is 0 Å². The number of hydrogen-bond donors (Lipinski definition) is 1. The van der Waals surface area contributed by atoms with Gasteiger partial charge in [0.05, 0.1) is 5.25 Å². The third-order valence-electron chi connectivity index (χ3n) is 3.03. The number of aliphatic hydroxyl groups is 1. The molecule has 0 spiro atoms. The van der Waals surface area contributed by atoms with Crippen LogP contribution in [0.15, 0.2) is 0 Å². The standard InChI is InChI=1S/C11H23NO4S/c1-4-9-16-11(13)5-7-12(8-6-11)17(14,15)10(2)3/h10,13H,4-9H2,1-3H3. The molecule has 1 rings (SSSR count). The minimum atomic E-state index is -3.20. The van der Waals surface area contributed by atoms with Crippen molar-refractivity contribution < 1.29 is 18.3 Å². The van der Waals surface area contributed by atoms with Gasteiger partial charge in [0.1, 0.15) is 0 Å². The van der Waals surface area contributed by atoms with Crippen LogP contribution < -0.4 is 0 Å². The Bertz CT molecular complexity index is 331. The molecule has 1 N–H and O–H groups in total. The molecule has 0 radical (unpaired) electrons. The highest BCUT2D eigenvalue weighted by Crippen LogP contribution is 2.26. The predicted molar refractivity (Wildman–Crippen MR) is 66.1 cm³/mol. The normalized spacial score (nSPS) is 21.9. The van der Waals surface area contributed by atoms with E-state index in [0.29, 0.717) is 32.5 Å². The maximum atomic E-state index is 11.9. The van der Waals surface area contributed by atoms with E-state index >= 15 is 0 Å². The van der Waals surface area contributed by atoms with Crippen LogP contribution in [0, 0.1) is 0 Å². The largest absolute Gasteiger partial charge is 0.365 e. The summed E-state index contributed by atoms with van der Waals surface area (Å²) >= 11 is 0. The second-order valence-corrected chi connectivity index (χ2v) is 7.28. The van der Waals surface area contributed by atoms with E-state index < -0.39 is 21.1 Å². The van der Waals surface area contributed by atoms with Crippen molar-refractivity contribution in [3.63, 3.8) is 0 Å². The van der Waals surface area contributed by atoms with Gasteiger partial charge in [0, 0.05) is 32.5 Å². The first-order valence-corrected chi connectivity index (χ1v) is 7.67. The average Bonchev–Trinajstić information content (AvgIpc) is 2.27. The van der Waals surface area contributed by atoms with Gasteiger partial charge >= 0.3 is 0 Å². The summed E-state index contributed by atoms with van der Waals surface area (Å²) in [6.45, 7) is 6.49. The first-order chi connectivity index (χ1) is 7.82. The highest BCUT2D eigenvalue weighted by atomic mass is 32.2. The maximum absolute atomic E-state index is 11.9. The maximum Gasteiger partial charge on any atom is 0.216 e. The Labute approximate surface area is 104 Å². The van der Waals surface area contributed by atoms with Crippen molar-refractivity contribution in [3.8, 4) is 0 Å². The van der Waals surface area contributed by atoms with E-state index in [-0.39, 0.29) is 0 Å². The molecule has 0 aromatic rings. The SMILES string of the molecule is CCCOC1(O)CCN(S(=O)(=O)C(C)C)CC1. The molecular formula is C11H23NO4S. The van der Waals surface area contributed by atoms with Crippen LogP contribution in [0.3, 0.4) is 0 Å². The summed E-state index contributed by atoms with van der Waals surface area (Å²) in [7, 11) is -3.20. The van der Waals surface area contributed by atoms with Crippen molar-refractivity contribution in [1.82, 2.24) is 4.31 Å². The van der Waals surface area contributed by atoms with Crippen molar-refractivity contribution in [3.05, 3.63) is 0 Å². The lowest BCUT2D eigenvalue weighted by Gasteiger charge is -2.37. The monoisotopic (exact) mass is 265 g/mol. The first-order valence-electron chi connectivity index (χ1n) is 6.17. The van der Waals surface area contributed by atoms with Gasteiger partial charge in [-0.25, -0.2) is 12.7 Å². The summed E-state index contributed by atoms with van der Waals surface area (Å²) in [6.07, 6.45) is 1.54. The van der Waals surface area contributed by atoms with E-state index in [1.165, 1.54) is 4.31 Å². The Kier molecular flexibility index (Phi) is 4.95. The second kappa shape index (κ2) is 5.65. The summed E-state index contributed by atoms with van der Waals surface area (Å²) in [5.41, 5.74) is 0. The molecule has 1 fully saturated rings. The van der Waals surface area contributed by atoms with Crippen molar-refractivity contribution in [2.45, 2.75) is 51.1 Å². The lowest BCUT2D eigenvalue weighted by molar-refractivity contribution is -0.221. The lowest BCUT2D eigenvalue weighted by atomic mass is 10.1. The first kappa shape index (κ1) is 14.9. The zero-order valence-electron chi connectivity index (χ0n) is 10.8. The number of nitrogens with zero attached hydrogens (tertiary/aromatic N) is 1. The number of hydrogen-bond acceptors (Lipinski definition) is 4. The molecule has 0 unspecified atom stereocenters. The van der Waals surface area contributed by atoms with Gasteiger partial charge in [-0.1, -0.05) is 6.92 Å². The molecule has 0 amide bonds. The predicted octanol–water partition coefficient (Wildman–Crippen LogP) is 0.936. The third-order valence-corrected chi connectivity index (χ3v) is 5.31.